The van der Waals surface area contributed by atoms with Crippen LogP contribution in [0.1, 0.15) is 0 Å². The molecule has 0 spiro atoms. The maximum absolute atomic E-state index is 8.60. The van der Waals surface area contributed by atoms with Crippen molar-refractivity contribution in [3.8, 4) is 0 Å². The van der Waals surface area contributed by atoms with Crippen molar-refractivity contribution in [2.75, 3.05) is 24.2 Å². The van der Waals surface area contributed by atoms with Crippen molar-refractivity contribution >= 4 is 22.9 Å². The largest absolute Gasteiger partial charge is 0.395 e. The van der Waals surface area contributed by atoms with Gasteiger partial charge >= 0.3 is 0 Å². The summed E-state index contributed by atoms with van der Waals surface area (Å²) < 4.78 is 0. The molecule has 0 saturated carbocycles. The molecular formula is C7H10N6O. The smallest absolute Gasteiger partial charge is 0.202 e. The number of hydrogen-bond acceptors (Lipinski definition) is 6. The second kappa shape index (κ2) is 3.46. The molecule has 7 heteroatoms. The third-order valence-electron chi connectivity index (χ3n) is 1.72. The van der Waals surface area contributed by atoms with Gasteiger partial charge in [0.05, 0.1) is 6.61 Å². The first kappa shape index (κ1) is 8.70. The highest BCUT2D eigenvalue weighted by atomic mass is 16.3. The van der Waals surface area contributed by atoms with Crippen LogP contribution >= 0.6 is 0 Å². The zero-order valence-corrected chi connectivity index (χ0v) is 7.36. The van der Waals surface area contributed by atoms with Crippen LogP contribution in [0.25, 0.3) is 11.2 Å². The van der Waals surface area contributed by atoms with Crippen molar-refractivity contribution in [2.45, 2.75) is 0 Å². The van der Waals surface area contributed by atoms with Gasteiger partial charge in [-0.1, -0.05) is 0 Å². The van der Waals surface area contributed by atoms with Crippen LogP contribution in [-0.4, -0.2) is 38.2 Å². The predicted molar refractivity (Wildman–Crippen MR) is 51.7 cm³/mol. The number of aliphatic hydroxyl groups is 1. The Morgan fingerprint density at radius 1 is 1.50 bits per heavy atom. The van der Waals surface area contributed by atoms with Crippen LogP contribution in [-0.2, 0) is 0 Å². The molecule has 2 aromatic heterocycles. The number of H-pyrrole nitrogens is 1. The Kier molecular flexibility index (Phi) is 2.15. The van der Waals surface area contributed by atoms with Gasteiger partial charge in [-0.15, -0.1) is 0 Å². The number of nitrogens with one attached hydrogen (secondary N) is 2. The number of aromatic amines is 1. The summed E-state index contributed by atoms with van der Waals surface area (Å²) in [7, 11) is 0. The lowest BCUT2D eigenvalue weighted by Gasteiger charge is -1.96. The van der Waals surface area contributed by atoms with E-state index in [-0.39, 0.29) is 6.61 Å². The minimum atomic E-state index is 0.0399. The normalized spacial score (nSPS) is 10.6. The maximum Gasteiger partial charge on any atom is 0.202 e. The van der Waals surface area contributed by atoms with Gasteiger partial charge in [0.15, 0.2) is 11.5 Å². The van der Waals surface area contributed by atoms with Crippen molar-refractivity contribution in [1.82, 2.24) is 19.9 Å². The number of aliphatic hydroxyl groups excluding tert-OH is 1. The van der Waals surface area contributed by atoms with Crippen LogP contribution < -0.4 is 11.1 Å². The topological polar surface area (TPSA) is 113 Å². The minimum absolute atomic E-state index is 0.0399. The molecule has 74 valence electrons. The van der Waals surface area contributed by atoms with E-state index in [1.54, 1.807) is 0 Å². The lowest BCUT2D eigenvalue weighted by atomic mass is 10.5. The van der Waals surface area contributed by atoms with E-state index in [1.165, 1.54) is 6.33 Å². The van der Waals surface area contributed by atoms with Gasteiger partial charge in [0, 0.05) is 6.54 Å². The molecule has 2 aromatic rings. The molecule has 0 saturated heterocycles. The molecule has 5 N–H and O–H groups in total. The quantitative estimate of drug-likeness (QED) is 0.516. The SMILES string of the molecule is Nc1ncnc2nc(NCCO)[nH]c12. The van der Waals surface area contributed by atoms with E-state index in [4.69, 9.17) is 10.8 Å². The highest BCUT2D eigenvalue weighted by Gasteiger charge is 2.05. The van der Waals surface area contributed by atoms with Gasteiger partial charge in [0.1, 0.15) is 11.8 Å². The molecule has 14 heavy (non-hydrogen) atoms. The number of nitrogens with two attached hydrogens (primary N) is 1. The van der Waals surface area contributed by atoms with E-state index in [0.29, 0.717) is 29.5 Å². The summed E-state index contributed by atoms with van der Waals surface area (Å²) in [4.78, 5) is 14.8. The molecule has 0 aliphatic heterocycles. The van der Waals surface area contributed by atoms with Crippen molar-refractivity contribution < 1.29 is 5.11 Å². The molecule has 0 unspecified atom stereocenters. The van der Waals surface area contributed by atoms with Gasteiger partial charge in [0.2, 0.25) is 5.95 Å². The molecule has 0 atom stereocenters. The van der Waals surface area contributed by atoms with E-state index in [0.717, 1.165) is 0 Å². The summed E-state index contributed by atoms with van der Waals surface area (Å²) in [6.45, 7) is 0.464. The number of hydrogen-bond donors (Lipinski definition) is 4. The number of aromatic nitrogens is 4. The van der Waals surface area contributed by atoms with Crippen molar-refractivity contribution in [1.29, 1.82) is 0 Å². The van der Waals surface area contributed by atoms with E-state index in [2.05, 4.69) is 25.3 Å². The summed E-state index contributed by atoms with van der Waals surface area (Å²) in [6, 6.07) is 0. The fraction of sp³-hybridized carbons (Fsp3) is 0.286. The second-order valence-corrected chi connectivity index (χ2v) is 2.69. The van der Waals surface area contributed by atoms with Gasteiger partial charge in [-0.3, -0.25) is 0 Å². The highest BCUT2D eigenvalue weighted by Crippen LogP contribution is 2.15. The molecule has 0 fully saturated rings. The van der Waals surface area contributed by atoms with Crippen molar-refractivity contribution in [3.63, 3.8) is 0 Å². The van der Waals surface area contributed by atoms with Crippen molar-refractivity contribution in [3.05, 3.63) is 6.33 Å². The molecule has 0 aliphatic carbocycles. The first-order valence-corrected chi connectivity index (χ1v) is 4.12. The molecule has 7 nitrogen and oxygen atoms in total. The van der Waals surface area contributed by atoms with Gasteiger partial charge in [-0.05, 0) is 0 Å². The van der Waals surface area contributed by atoms with Crippen LogP contribution in [0.5, 0.6) is 0 Å². The summed E-state index contributed by atoms with van der Waals surface area (Å²) >= 11 is 0. The zero-order valence-electron chi connectivity index (χ0n) is 7.36. The molecule has 0 radical (unpaired) electrons. The van der Waals surface area contributed by atoms with Gasteiger partial charge in [-0.25, -0.2) is 9.97 Å². The number of nitrogens with zero attached hydrogens (tertiary/aromatic N) is 3. The number of rotatable bonds is 3. The van der Waals surface area contributed by atoms with E-state index < -0.39 is 0 Å². The van der Waals surface area contributed by atoms with Crippen LogP contribution in [0.4, 0.5) is 11.8 Å². The van der Waals surface area contributed by atoms with E-state index in [1.807, 2.05) is 0 Å². The molecule has 0 aromatic carbocycles. The van der Waals surface area contributed by atoms with Crippen LogP contribution in [0, 0.1) is 0 Å². The summed E-state index contributed by atoms with van der Waals surface area (Å²) in [5.41, 5.74) is 6.72. The lowest BCUT2D eigenvalue weighted by Crippen LogP contribution is -2.06. The summed E-state index contributed by atoms with van der Waals surface area (Å²) in [5, 5.41) is 11.5. The van der Waals surface area contributed by atoms with Crippen LogP contribution in [0.2, 0.25) is 0 Å². The molecule has 0 amide bonds. The molecule has 0 aliphatic rings. The monoisotopic (exact) mass is 194 g/mol. The molecule has 2 heterocycles. The average molecular weight is 194 g/mol. The lowest BCUT2D eigenvalue weighted by molar-refractivity contribution is 0.311. The minimum Gasteiger partial charge on any atom is -0.395 e. The first-order valence-electron chi connectivity index (χ1n) is 4.12. The third-order valence-corrected chi connectivity index (χ3v) is 1.72. The zero-order chi connectivity index (χ0) is 9.97. The van der Waals surface area contributed by atoms with Crippen LogP contribution in [0.3, 0.4) is 0 Å². The number of nitrogen functional groups attached to an aromatic ring is 1. The van der Waals surface area contributed by atoms with E-state index >= 15 is 0 Å². The fourth-order valence-corrected chi connectivity index (χ4v) is 1.10. The van der Waals surface area contributed by atoms with Gasteiger partial charge in [0.25, 0.3) is 0 Å². The summed E-state index contributed by atoms with van der Waals surface area (Å²) in [6.07, 6.45) is 1.36. The highest BCUT2D eigenvalue weighted by molar-refractivity contribution is 5.82. The molecular weight excluding hydrogens is 184 g/mol. The molecule has 0 bridgehead atoms. The Morgan fingerprint density at radius 3 is 3.07 bits per heavy atom. The molecule has 2 rings (SSSR count). The van der Waals surface area contributed by atoms with Crippen LogP contribution in [0.15, 0.2) is 6.33 Å². The Balaban J connectivity index is 2.36. The van der Waals surface area contributed by atoms with E-state index in [9.17, 15) is 0 Å². The Hall–Kier alpha value is -1.89. The predicted octanol–water partition coefficient (Wildman–Crippen LogP) is -0.661. The van der Waals surface area contributed by atoms with Gasteiger partial charge < -0.3 is 21.1 Å². The Labute approximate surface area is 79.4 Å². The first-order chi connectivity index (χ1) is 6.81. The number of imidazole rings is 1. The van der Waals surface area contributed by atoms with Crippen molar-refractivity contribution in [2.24, 2.45) is 0 Å². The maximum atomic E-state index is 8.60. The number of anilines is 2. The Morgan fingerprint density at radius 2 is 2.36 bits per heavy atom. The average Bonchev–Trinajstić information content (AvgIpc) is 2.59. The second-order valence-electron chi connectivity index (χ2n) is 2.69. The standard InChI is InChI=1S/C7H10N6O/c8-5-4-6(11-3-10-5)13-7(12-4)9-1-2-14/h3,14H,1-2H2,(H4,8,9,10,11,12,13). The Bertz CT molecular complexity index is 439. The fourth-order valence-electron chi connectivity index (χ4n) is 1.10. The van der Waals surface area contributed by atoms with Gasteiger partial charge in [-0.2, -0.15) is 4.98 Å². The summed E-state index contributed by atoms with van der Waals surface area (Å²) in [5.74, 6) is 0.890. The third kappa shape index (κ3) is 1.44. The number of fused-ring (bicyclic) bond motifs is 1.